The molecule has 0 aromatic carbocycles. The molecule has 2 aliphatic rings. The first-order chi connectivity index (χ1) is 7.27. The maximum Gasteiger partial charge on any atom is 0.240 e. The van der Waals surface area contributed by atoms with E-state index >= 15 is 0 Å². The van der Waals surface area contributed by atoms with Crippen LogP contribution in [-0.2, 0) is 9.53 Å². The highest BCUT2D eigenvalue weighted by Gasteiger charge is 2.40. The lowest BCUT2D eigenvalue weighted by Gasteiger charge is -2.28. The van der Waals surface area contributed by atoms with Crippen LogP contribution < -0.4 is 5.32 Å². The van der Waals surface area contributed by atoms with Gasteiger partial charge in [0, 0.05) is 13.7 Å². The monoisotopic (exact) mass is 212 g/mol. The summed E-state index contributed by atoms with van der Waals surface area (Å²) in [5.41, 5.74) is 0. The van der Waals surface area contributed by atoms with Crippen LogP contribution in [0.25, 0.3) is 0 Å². The van der Waals surface area contributed by atoms with Gasteiger partial charge in [-0.15, -0.1) is 0 Å². The summed E-state index contributed by atoms with van der Waals surface area (Å²) in [6.45, 7) is 0.884. The number of nitrogens with zero attached hydrogens (tertiary/aromatic N) is 1. The highest BCUT2D eigenvalue weighted by atomic mass is 16.5. The second-order valence-electron chi connectivity index (χ2n) is 4.43. The molecular weight excluding hydrogens is 192 g/mol. The van der Waals surface area contributed by atoms with Gasteiger partial charge in [0.2, 0.25) is 5.91 Å². The van der Waals surface area contributed by atoms with E-state index in [-0.39, 0.29) is 18.1 Å². The Morgan fingerprint density at radius 1 is 1.40 bits per heavy atom. The van der Waals surface area contributed by atoms with E-state index in [2.05, 4.69) is 5.32 Å². The molecule has 3 atom stereocenters. The van der Waals surface area contributed by atoms with Crippen molar-refractivity contribution >= 4 is 5.91 Å². The van der Waals surface area contributed by atoms with Gasteiger partial charge in [-0.3, -0.25) is 4.79 Å². The number of nitrogens with one attached hydrogen (secondary N) is 1. The molecule has 1 N–H and O–H groups in total. The number of hydrogen-bond acceptors (Lipinski definition) is 3. The minimum absolute atomic E-state index is 0.0307. The molecule has 4 nitrogen and oxygen atoms in total. The number of hydrogen-bond donors (Lipinski definition) is 1. The fourth-order valence-electron chi connectivity index (χ4n) is 2.84. The van der Waals surface area contributed by atoms with E-state index in [1.807, 2.05) is 11.9 Å². The number of rotatable bonds is 3. The average Bonchev–Trinajstić information content (AvgIpc) is 2.83. The Kier molecular flexibility index (Phi) is 3.26. The molecule has 1 amide bonds. The van der Waals surface area contributed by atoms with Crippen molar-refractivity contribution in [2.24, 2.45) is 0 Å². The Hall–Kier alpha value is -0.610. The second-order valence-corrected chi connectivity index (χ2v) is 4.43. The summed E-state index contributed by atoms with van der Waals surface area (Å²) in [4.78, 5) is 14.0. The number of amides is 1. The van der Waals surface area contributed by atoms with Crippen molar-refractivity contribution < 1.29 is 9.53 Å². The van der Waals surface area contributed by atoms with Gasteiger partial charge in [-0.05, 0) is 32.7 Å². The Bertz CT molecular complexity index is 245. The Balaban J connectivity index is 2.02. The van der Waals surface area contributed by atoms with Crippen molar-refractivity contribution in [3.8, 4) is 0 Å². The third-order valence-electron chi connectivity index (χ3n) is 3.71. The minimum Gasteiger partial charge on any atom is -0.379 e. The van der Waals surface area contributed by atoms with E-state index in [0.717, 1.165) is 25.8 Å². The number of carbonyl (C=O) groups excluding carboxylic acids is 1. The van der Waals surface area contributed by atoms with E-state index in [1.54, 1.807) is 7.11 Å². The van der Waals surface area contributed by atoms with Gasteiger partial charge in [-0.25, -0.2) is 0 Å². The zero-order valence-electron chi connectivity index (χ0n) is 9.53. The predicted octanol–water partition coefficient (Wildman–Crippen LogP) is 0.374. The number of likely N-dealkylation sites (tertiary alicyclic amines) is 1. The average molecular weight is 212 g/mol. The van der Waals surface area contributed by atoms with Gasteiger partial charge in [0.15, 0.2) is 0 Å². The number of likely N-dealkylation sites (N-methyl/N-ethyl adjacent to an activating group) is 1. The maximum atomic E-state index is 12.0. The molecular formula is C11H20N2O2. The van der Waals surface area contributed by atoms with Gasteiger partial charge in [0.25, 0.3) is 0 Å². The fraction of sp³-hybridized carbons (Fsp3) is 0.909. The van der Waals surface area contributed by atoms with Crippen LogP contribution in [0.2, 0.25) is 0 Å². The molecule has 1 aliphatic carbocycles. The molecule has 1 aliphatic heterocycles. The first-order valence-corrected chi connectivity index (χ1v) is 5.78. The van der Waals surface area contributed by atoms with E-state index < -0.39 is 0 Å². The quantitative estimate of drug-likeness (QED) is 0.735. The van der Waals surface area contributed by atoms with Crippen LogP contribution in [0.1, 0.15) is 25.7 Å². The molecule has 15 heavy (non-hydrogen) atoms. The highest BCUT2D eigenvalue weighted by molar-refractivity contribution is 5.84. The Labute approximate surface area is 91.0 Å². The van der Waals surface area contributed by atoms with E-state index in [1.165, 1.54) is 6.42 Å². The summed E-state index contributed by atoms with van der Waals surface area (Å²) in [7, 11) is 3.60. The first-order valence-electron chi connectivity index (χ1n) is 5.78. The summed E-state index contributed by atoms with van der Waals surface area (Å²) in [6.07, 6.45) is 4.56. The van der Waals surface area contributed by atoms with Crippen molar-refractivity contribution in [1.82, 2.24) is 10.2 Å². The molecule has 1 saturated carbocycles. The lowest BCUT2D eigenvalue weighted by molar-refractivity contribution is -0.133. The number of carbonyl (C=O) groups is 1. The maximum absolute atomic E-state index is 12.0. The van der Waals surface area contributed by atoms with Crippen molar-refractivity contribution in [2.75, 3.05) is 20.7 Å². The first kappa shape index (κ1) is 10.9. The highest BCUT2D eigenvalue weighted by Crippen LogP contribution is 2.29. The molecule has 4 heteroatoms. The van der Waals surface area contributed by atoms with Crippen LogP contribution in [0, 0.1) is 0 Å². The number of ether oxygens (including phenoxy) is 1. The molecule has 0 aromatic rings. The van der Waals surface area contributed by atoms with Gasteiger partial charge in [-0.2, -0.15) is 0 Å². The fourth-order valence-corrected chi connectivity index (χ4v) is 2.84. The SMILES string of the molecule is CNC1CCN(C2CCCC2OC)C1=O. The van der Waals surface area contributed by atoms with Crippen molar-refractivity contribution in [1.29, 1.82) is 0 Å². The molecule has 0 aromatic heterocycles. The molecule has 1 saturated heterocycles. The van der Waals surface area contributed by atoms with Crippen molar-refractivity contribution in [3.05, 3.63) is 0 Å². The van der Waals surface area contributed by atoms with Gasteiger partial charge in [0.05, 0.1) is 18.2 Å². The van der Waals surface area contributed by atoms with Crippen LogP contribution >= 0.6 is 0 Å². The zero-order valence-corrected chi connectivity index (χ0v) is 9.53. The molecule has 0 spiro atoms. The Morgan fingerprint density at radius 3 is 2.80 bits per heavy atom. The predicted molar refractivity (Wildman–Crippen MR) is 57.6 cm³/mol. The van der Waals surface area contributed by atoms with Crippen molar-refractivity contribution in [2.45, 2.75) is 43.9 Å². The largest absolute Gasteiger partial charge is 0.379 e. The molecule has 2 rings (SSSR count). The Morgan fingerprint density at radius 2 is 2.20 bits per heavy atom. The minimum atomic E-state index is 0.0307. The van der Waals surface area contributed by atoms with Crippen LogP contribution in [0.5, 0.6) is 0 Å². The zero-order chi connectivity index (χ0) is 10.8. The van der Waals surface area contributed by atoms with Gasteiger partial charge >= 0.3 is 0 Å². The molecule has 2 fully saturated rings. The molecule has 1 heterocycles. The van der Waals surface area contributed by atoms with E-state index in [4.69, 9.17) is 4.74 Å². The van der Waals surface area contributed by atoms with Gasteiger partial charge in [0.1, 0.15) is 0 Å². The normalized spacial score (nSPS) is 36.5. The van der Waals surface area contributed by atoms with E-state index in [9.17, 15) is 4.79 Å². The van der Waals surface area contributed by atoms with Crippen LogP contribution in [-0.4, -0.2) is 49.7 Å². The summed E-state index contributed by atoms with van der Waals surface area (Å²) < 4.78 is 5.44. The lowest BCUT2D eigenvalue weighted by Crippen LogP contribution is -2.45. The van der Waals surface area contributed by atoms with E-state index in [0.29, 0.717) is 6.04 Å². The van der Waals surface area contributed by atoms with Crippen LogP contribution in [0.4, 0.5) is 0 Å². The van der Waals surface area contributed by atoms with Crippen LogP contribution in [0.15, 0.2) is 0 Å². The molecule has 0 radical (unpaired) electrons. The second kappa shape index (κ2) is 4.49. The standard InChI is InChI=1S/C11H20N2O2/c1-12-8-6-7-13(11(8)14)9-4-3-5-10(9)15-2/h8-10,12H,3-7H2,1-2H3. The summed E-state index contributed by atoms with van der Waals surface area (Å²) >= 11 is 0. The number of methoxy groups -OCH3 is 1. The summed E-state index contributed by atoms with van der Waals surface area (Å²) in [5.74, 6) is 0.256. The van der Waals surface area contributed by atoms with Crippen molar-refractivity contribution in [3.63, 3.8) is 0 Å². The lowest BCUT2D eigenvalue weighted by atomic mass is 10.2. The summed E-state index contributed by atoms with van der Waals surface area (Å²) in [5, 5.41) is 3.07. The topological polar surface area (TPSA) is 41.6 Å². The van der Waals surface area contributed by atoms with Gasteiger partial charge in [-0.1, -0.05) is 0 Å². The third-order valence-corrected chi connectivity index (χ3v) is 3.71. The molecule has 3 unspecified atom stereocenters. The smallest absolute Gasteiger partial charge is 0.240 e. The third kappa shape index (κ3) is 1.88. The van der Waals surface area contributed by atoms with Crippen LogP contribution in [0.3, 0.4) is 0 Å². The van der Waals surface area contributed by atoms with Gasteiger partial charge < -0.3 is 15.0 Å². The summed E-state index contributed by atoms with van der Waals surface area (Å²) in [6, 6.07) is 0.351. The molecule has 86 valence electrons. The molecule has 0 bridgehead atoms.